The summed E-state index contributed by atoms with van der Waals surface area (Å²) < 4.78 is 19.2. The van der Waals surface area contributed by atoms with Crippen LogP contribution in [0.2, 0.25) is 0 Å². The van der Waals surface area contributed by atoms with Gasteiger partial charge in [0.15, 0.2) is 5.75 Å². The average Bonchev–Trinajstić information content (AvgIpc) is 3.65. The van der Waals surface area contributed by atoms with Crippen LogP contribution in [0.25, 0.3) is 39.0 Å². The number of piperidine rings is 2. The largest absolute Gasteiger partial charge is 0.497 e. The van der Waals surface area contributed by atoms with Crippen molar-refractivity contribution in [1.29, 1.82) is 0 Å². The number of hydrogen-bond acceptors (Lipinski definition) is 9. The fourth-order valence-corrected chi connectivity index (χ4v) is 8.26. The molecule has 5 heterocycles. The second kappa shape index (κ2) is 14.2. The van der Waals surface area contributed by atoms with Crippen LogP contribution in [0, 0.1) is 12.3 Å². The van der Waals surface area contributed by atoms with Crippen molar-refractivity contribution in [3.05, 3.63) is 84.6 Å². The van der Waals surface area contributed by atoms with Gasteiger partial charge < -0.3 is 28.9 Å². The zero-order valence-electron chi connectivity index (χ0n) is 30.9. The molecular formula is C42H47N7O4. The normalized spacial score (nSPS) is 17.6. The molecule has 11 nitrogen and oxygen atoms in total. The maximum atomic E-state index is 12.3. The Morgan fingerprint density at radius 3 is 2.55 bits per heavy atom. The first-order chi connectivity index (χ1) is 25.8. The van der Waals surface area contributed by atoms with Crippen molar-refractivity contribution in [2.45, 2.75) is 45.3 Å². The summed E-state index contributed by atoms with van der Waals surface area (Å²) in [7, 11) is 3.81. The van der Waals surface area contributed by atoms with E-state index in [2.05, 4.69) is 65.3 Å². The van der Waals surface area contributed by atoms with Crippen LogP contribution in [0.4, 0.5) is 5.82 Å². The molecule has 274 valence electrons. The van der Waals surface area contributed by atoms with E-state index in [4.69, 9.17) is 24.2 Å². The molecule has 1 amide bonds. The van der Waals surface area contributed by atoms with Gasteiger partial charge in [0.25, 0.3) is 0 Å². The Morgan fingerprint density at radius 2 is 1.81 bits per heavy atom. The standard InChI is InChI=1S/C42H47N7O4/c1-6-29-22-32-38(39(52-24-28-9-8-10-31(21-28)51-5)37(29)36-27(3)11-12-34-33(36)23-43-46-34)44-41(53-30-13-17-47(4)18-14-30)45-40(32)48-19-15-42(16-20-48)25-49(26-42)35(50)7-2/h6-12,21-23,30H,1-2,13-20,24-26H2,3-5H3,(H,43,46). The third-order valence-corrected chi connectivity index (χ3v) is 11.4. The Balaban J connectivity index is 1.28. The van der Waals surface area contributed by atoms with Gasteiger partial charge in [-0.2, -0.15) is 15.1 Å². The zero-order chi connectivity index (χ0) is 36.7. The fourth-order valence-electron chi connectivity index (χ4n) is 8.26. The van der Waals surface area contributed by atoms with Crippen molar-refractivity contribution < 1.29 is 19.0 Å². The summed E-state index contributed by atoms with van der Waals surface area (Å²) >= 11 is 0. The van der Waals surface area contributed by atoms with Crippen LogP contribution in [0.1, 0.15) is 42.4 Å². The number of carbonyl (C=O) groups is 1. The lowest BCUT2D eigenvalue weighted by Gasteiger charge is -2.54. The minimum absolute atomic E-state index is 0.00568. The smallest absolute Gasteiger partial charge is 0.319 e. The second-order valence-electron chi connectivity index (χ2n) is 14.8. The molecule has 3 aromatic carbocycles. The Bertz CT molecular complexity index is 2190. The number of aromatic nitrogens is 4. The number of nitrogens with zero attached hydrogens (tertiary/aromatic N) is 6. The van der Waals surface area contributed by atoms with Crippen molar-refractivity contribution in [3.8, 4) is 28.6 Å². The van der Waals surface area contributed by atoms with E-state index < -0.39 is 0 Å². The molecule has 8 rings (SSSR count). The maximum absolute atomic E-state index is 12.3. The van der Waals surface area contributed by atoms with E-state index >= 15 is 0 Å². The quantitative estimate of drug-likeness (QED) is 0.156. The van der Waals surface area contributed by atoms with Gasteiger partial charge in [-0.3, -0.25) is 9.89 Å². The number of carbonyl (C=O) groups excluding carboxylic acids is 1. The summed E-state index contributed by atoms with van der Waals surface area (Å²) in [6.45, 7) is 15.4. The lowest BCUT2D eigenvalue weighted by atomic mass is 9.72. The minimum Gasteiger partial charge on any atom is -0.497 e. The average molecular weight is 714 g/mol. The van der Waals surface area contributed by atoms with Gasteiger partial charge in [-0.25, -0.2) is 0 Å². The molecule has 53 heavy (non-hydrogen) atoms. The summed E-state index contributed by atoms with van der Waals surface area (Å²) in [6, 6.07) is 14.6. The number of ether oxygens (including phenoxy) is 3. The molecule has 3 aliphatic rings. The Morgan fingerprint density at radius 1 is 1.02 bits per heavy atom. The first-order valence-corrected chi connectivity index (χ1v) is 18.5. The van der Waals surface area contributed by atoms with E-state index in [-0.39, 0.29) is 24.0 Å². The van der Waals surface area contributed by atoms with Crippen LogP contribution < -0.4 is 19.1 Å². The summed E-state index contributed by atoms with van der Waals surface area (Å²) in [5, 5.41) is 9.42. The number of rotatable bonds is 10. The van der Waals surface area contributed by atoms with Gasteiger partial charge >= 0.3 is 6.01 Å². The van der Waals surface area contributed by atoms with Crippen LogP contribution in [-0.2, 0) is 11.4 Å². The van der Waals surface area contributed by atoms with Crippen LogP contribution in [0.5, 0.6) is 17.5 Å². The minimum atomic E-state index is 0.00568. The van der Waals surface area contributed by atoms with Gasteiger partial charge in [0, 0.05) is 61.0 Å². The number of nitrogens with one attached hydrogen (secondary N) is 1. The number of aromatic amines is 1. The summed E-state index contributed by atoms with van der Waals surface area (Å²) in [6.07, 6.45) is 8.91. The van der Waals surface area contributed by atoms with Crippen molar-refractivity contribution >= 4 is 39.6 Å². The molecule has 3 aliphatic heterocycles. The molecule has 11 heteroatoms. The Hall–Kier alpha value is -5.42. The lowest BCUT2D eigenvalue weighted by molar-refractivity contribution is -0.139. The van der Waals surface area contributed by atoms with Crippen molar-refractivity contribution in [2.24, 2.45) is 5.41 Å². The molecule has 0 unspecified atom stereocenters. The van der Waals surface area contributed by atoms with E-state index in [1.165, 1.54) is 6.08 Å². The molecule has 0 atom stereocenters. The van der Waals surface area contributed by atoms with Gasteiger partial charge in [0.2, 0.25) is 5.91 Å². The Labute approximate surface area is 310 Å². The molecule has 0 saturated carbocycles. The zero-order valence-corrected chi connectivity index (χ0v) is 30.9. The fraction of sp³-hybridized carbons (Fsp3) is 0.381. The molecule has 3 fully saturated rings. The molecule has 1 spiro atoms. The highest BCUT2D eigenvalue weighted by atomic mass is 16.5. The molecule has 5 aromatic rings. The van der Waals surface area contributed by atoms with Gasteiger partial charge in [-0.15, -0.1) is 0 Å². The van der Waals surface area contributed by atoms with Gasteiger partial charge in [0.1, 0.15) is 29.8 Å². The molecule has 3 saturated heterocycles. The van der Waals surface area contributed by atoms with Gasteiger partial charge in [0.05, 0.1) is 18.8 Å². The van der Waals surface area contributed by atoms with Crippen molar-refractivity contribution in [3.63, 3.8) is 0 Å². The molecule has 0 bridgehead atoms. The van der Waals surface area contributed by atoms with Gasteiger partial charge in [-0.1, -0.05) is 37.4 Å². The number of fused-ring (bicyclic) bond motifs is 2. The van der Waals surface area contributed by atoms with Crippen LogP contribution in [0.3, 0.4) is 0 Å². The number of methoxy groups -OCH3 is 1. The first kappa shape index (κ1) is 34.7. The molecule has 0 aliphatic carbocycles. The van der Waals surface area contributed by atoms with Crippen LogP contribution in [0.15, 0.2) is 67.9 Å². The third-order valence-electron chi connectivity index (χ3n) is 11.4. The maximum Gasteiger partial charge on any atom is 0.319 e. The molecule has 0 radical (unpaired) electrons. The van der Waals surface area contributed by atoms with E-state index in [0.717, 1.165) is 121 Å². The SMILES string of the molecule is C=CC(=O)N1CC2(CCN(c3nc(OC4CCN(C)CC4)nc4c(OCc5cccc(OC)c5)c(-c5c(C)ccc6[nH]ncc56)c(C=C)cc34)CC2)C1. The number of amides is 1. The Kier molecular flexibility index (Phi) is 9.28. The van der Waals surface area contributed by atoms with E-state index in [1.54, 1.807) is 7.11 Å². The summed E-state index contributed by atoms with van der Waals surface area (Å²) in [5.41, 5.74) is 6.60. The van der Waals surface area contributed by atoms with Crippen molar-refractivity contribution in [1.82, 2.24) is 30.0 Å². The third kappa shape index (κ3) is 6.58. The summed E-state index contributed by atoms with van der Waals surface area (Å²) in [4.78, 5) is 29.2. The highest BCUT2D eigenvalue weighted by Crippen LogP contribution is 2.48. The molecular weight excluding hydrogens is 667 g/mol. The van der Waals surface area contributed by atoms with Crippen LogP contribution >= 0.6 is 0 Å². The van der Waals surface area contributed by atoms with E-state index in [1.807, 2.05) is 41.4 Å². The van der Waals surface area contributed by atoms with E-state index in [9.17, 15) is 4.79 Å². The highest BCUT2D eigenvalue weighted by Gasteiger charge is 2.46. The number of H-pyrrole nitrogens is 1. The topological polar surface area (TPSA) is 109 Å². The number of hydrogen-bond donors (Lipinski definition) is 1. The number of aryl methyl sites for hydroxylation is 1. The lowest BCUT2D eigenvalue weighted by Crippen LogP contribution is -2.61. The molecule has 1 N–H and O–H groups in total. The summed E-state index contributed by atoms with van der Waals surface area (Å²) in [5.74, 6) is 2.23. The predicted molar refractivity (Wildman–Crippen MR) is 209 cm³/mol. The highest BCUT2D eigenvalue weighted by molar-refractivity contribution is 6.07. The predicted octanol–water partition coefficient (Wildman–Crippen LogP) is 6.80. The van der Waals surface area contributed by atoms with Crippen molar-refractivity contribution in [2.75, 3.05) is 58.3 Å². The monoisotopic (exact) mass is 713 g/mol. The van der Waals surface area contributed by atoms with Crippen LogP contribution in [-0.4, -0.2) is 95.4 Å². The number of anilines is 1. The van der Waals surface area contributed by atoms with E-state index in [0.29, 0.717) is 17.3 Å². The first-order valence-electron chi connectivity index (χ1n) is 18.5. The number of likely N-dealkylation sites (tertiary alicyclic amines) is 2. The second-order valence-corrected chi connectivity index (χ2v) is 14.8. The molecule has 2 aromatic heterocycles. The number of benzene rings is 3. The van der Waals surface area contributed by atoms with Gasteiger partial charge in [-0.05, 0) is 92.2 Å².